The molecule has 1 aliphatic heterocycles. The average molecular weight is 393 g/mol. The first kappa shape index (κ1) is 18.2. The van der Waals surface area contributed by atoms with E-state index in [-0.39, 0.29) is 17.8 Å². The zero-order chi connectivity index (χ0) is 19.8. The van der Waals surface area contributed by atoms with Gasteiger partial charge in [0.2, 0.25) is 0 Å². The van der Waals surface area contributed by atoms with E-state index in [1.165, 1.54) is 12.1 Å². The summed E-state index contributed by atoms with van der Waals surface area (Å²) in [4.78, 5) is 20.3. The number of imidazole rings is 1. The van der Waals surface area contributed by atoms with Gasteiger partial charge in [-0.1, -0.05) is 6.42 Å². The first-order chi connectivity index (χ1) is 14.2. The molecule has 0 radical (unpaired) electrons. The van der Waals surface area contributed by atoms with Crippen LogP contribution < -0.4 is 0 Å². The lowest BCUT2D eigenvalue weighted by molar-refractivity contribution is 0.0710. The summed E-state index contributed by atoms with van der Waals surface area (Å²) >= 11 is 0. The monoisotopic (exact) mass is 393 g/mol. The Morgan fingerprint density at radius 1 is 1.17 bits per heavy atom. The van der Waals surface area contributed by atoms with Gasteiger partial charge in [-0.3, -0.25) is 4.79 Å². The summed E-state index contributed by atoms with van der Waals surface area (Å²) in [5, 5.41) is 0. The van der Waals surface area contributed by atoms with Crippen LogP contribution in [0.4, 0.5) is 4.39 Å². The Bertz CT molecular complexity index is 1000. The SMILES string of the molecule is O=C(c1nc(-c2ccc(F)cc2)n2c1CCCCC2)N(Cc1ccco1)C1CC1. The molecule has 0 spiro atoms. The van der Waals surface area contributed by atoms with Crippen LogP contribution in [-0.4, -0.2) is 26.4 Å². The van der Waals surface area contributed by atoms with Gasteiger partial charge in [-0.25, -0.2) is 9.37 Å². The predicted molar refractivity (Wildman–Crippen MR) is 107 cm³/mol. The van der Waals surface area contributed by atoms with E-state index >= 15 is 0 Å². The van der Waals surface area contributed by atoms with Crippen molar-refractivity contribution < 1.29 is 13.6 Å². The Morgan fingerprint density at radius 3 is 2.72 bits per heavy atom. The number of rotatable bonds is 5. The Morgan fingerprint density at radius 2 is 2.00 bits per heavy atom. The molecule has 1 aliphatic carbocycles. The Kier molecular flexibility index (Phi) is 4.70. The molecule has 0 N–H and O–H groups in total. The first-order valence-corrected chi connectivity index (χ1v) is 10.4. The number of benzene rings is 1. The van der Waals surface area contributed by atoms with Crippen molar-refractivity contribution in [2.45, 2.75) is 57.7 Å². The lowest BCUT2D eigenvalue weighted by atomic mass is 10.1. The van der Waals surface area contributed by atoms with E-state index in [1.807, 2.05) is 17.0 Å². The van der Waals surface area contributed by atoms with Crippen molar-refractivity contribution in [3.8, 4) is 11.4 Å². The van der Waals surface area contributed by atoms with E-state index in [1.54, 1.807) is 18.4 Å². The van der Waals surface area contributed by atoms with E-state index in [0.29, 0.717) is 12.2 Å². The van der Waals surface area contributed by atoms with E-state index in [9.17, 15) is 9.18 Å². The van der Waals surface area contributed by atoms with Crippen LogP contribution in [0.25, 0.3) is 11.4 Å². The fraction of sp³-hybridized carbons (Fsp3) is 0.391. The van der Waals surface area contributed by atoms with Gasteiger partial charge < -0.3 is 13.9 Å². The quantitative estimate of drug-likeness (QED) is 0.625. The van der Waals surface area contributed by atoms with Crippen molar-refractivity contribution in [1.29, 1.82) is 0 Å². The van der Waals surface area contributed by atoms with Gasteiger partial charge in [0.25, 0.3) is 5.91 Å². The minimum atomic E-state index is -0.272. The summed E-state index contributed by atoms with van der Waals surface area (Å²) in [7, 11) is 0. The van der Waals surface area contributed by atoms with Gasteiger partial charge >= 0.3 is 0 Å². The highest BCUT2D eigenvalue weighted by atomic mass is 19.1. The summed E-state index contributed by atoms with van der Waals surface area (Å²) in [6.07, 6.45) is 7.77. The molecule has 150 valence electrons. The van der Waals surface area contributed by atoms with Crippen molar-refractivity contribution in [3.63, 3.8) is 0 Å². The summed E-state index contributed by atoms with van der Waals surface area (Å²) in [5.41, 5.74) is 2.40. The van der Waals surface area contributed by atoms with E-state index < -0.39 is 0 Å². The second-order valence-corrected chi connectivity index (χ2v) is 7.94. The minimum Gasteiger partial charge on any atom is -0.467 e. The Labute approximate surface area is 169 Å². The van der Waals surface area contributed by atoms with Crippen LogP contribution in [0.5, 0.6) is 0 Å². The number of nitrogens with zero attached hydrogens (tertiary/aromatic N) is 3. The molecule has 6 heteroatoms. The predicted octanol–water partition coefficient (Wildman–Crippen LogP) is 4.81. The zero-order valence-corrected chi connectivity index (χ0v) is 16.3. The van der Waals surface area contributed by atoms with Crippen molar-refractivity contribution in [2.24, 2.45) is 0 Å². The van der Waals surface area contributed by atoms with Gasteiger partial charge in [-0.15, -0.1) is 0 Å². The zero-order valence-electron chi connectivity index (χ0n) is 16.3. The van der Waals surface area contributed by atoms with E-state index in [4.69, 9.17) is 9.40 Å². The van der Waals surface area contributed by atoms with Gasteiger partial charge in [-0.2, -0.15) is 0 Å². The molecule has 5 nitrogen and oxygen atoms in total. The van der Waals surface area contributed by atoms with Gasteiger partial charge in [-0.05, 0) is 68.5 Å². The highest BCUT2D eigenvalue weighted by molar-refractivity contribution is 5.94. The molecule has 1 aromatic carbocycles. The van der Waals surface area contributed by atoms with Gasteiger partial charge in [0.1, 0.15) is 23.1 Å². The second kappa shape index (κ2) is 7.50. The molecule has 0 bridgehead atoms. The first-order valence-electron chi connectivity index (χ1n) is 10.4. The third-order valence-electron chi connectivity index (χ3n) is 5.83. The number of hydrogen-bond donors (Lipinski definition) is 0. The second-order valence-electron chi connectivity index (χ2n) is 7.94. The highest BCUT2D eigenvalue weighted by Crippen LogP contribution is 2.33. The molecule has 5 rings (SSSR count). The van der Waals surface area contributed by atoms with Gasteiger partial charge in [0.05, 0.1) is 18.5 Å². The average Bonchev–Trinajstić information content (AvgIpc) is 3.40. The standard InChI is InChI=1S/C23H24FN3O2/c24-17-9-7-16(8-10-17)22-25-21(20-6-2-1-3-13-26(20)22)23(28)27(18-11-12-18)15-19-5-4-14-29-19/h4-5,7-10,14,18H,1-3,6,11-13,15H2. The molecule has 3 aromatic rings. The normalized spacial score (nSPS) is 16.3. The molecule has 29 heavy (non-hydrogen) atoms. The van der Waals surface area contributed by atoms with Gasteiger partial charge in [0, 0.05) is 18.2 Å². The largest absolute Gasteiger partial charge is 0.467 e. The number of fused-ring (bicyclic) bond motifs is 1. The number of carbonyl (C=O) groups excluding carboxylic acids is 1. The Balaban J connectivity index is 1.54. The van der Waals surface area contributed by atoms with Crippen molar-refractivity contribution in [1.82, 2.24) is 14.5 Å². The summed E-state index contributed by atoms with van der Waals surface area (Å²) in [6, 6.07) is 10.4. The summed E-state index contributed by atoms with van der Waals surface area (Å²) in [6.45, 7) is 1.30. The number of halogens is 1. The van der Waals surface area contributed by atoms with Crippen molar-refractivity contribution in [2.75, 3.05) is 0 Å². The van der Waals surface area contributed by atoms with E-state index in [2.05, 4.69) is 4.57 Å². The molecule has 2 aromatic heterocycles. The number of furan rings is 1. The molecular formula is C23H24FN3O2. The molecule has 0 saturated heterocycles. The summed E-state index contributed by atoms with van der Waals surface area (Å²) in [5.74, 6) is 1.25. The van der Waals surface area contributed by atoms with Crippen LogP contribution in [0.2, 0.25) is 0 Å². The van der Waals surface area contributed by atoms with Crippen molar-refractivity contribution in [3.05, 3.63) is 65.6 Å². The third kappa shape index (κ3) is 3.59. The maximum atomic E-state index is 13.6. The maximum Gasteiger partial charge on any atom is 0.275 e. The topological polar surface area (TPSA) is 51.3 Å². The fourth-order valence-electron chi connectivity index (χ4n) is 4.17. The lowest BCUT2D eigenvalue weighted by Gasteiger charge is -2.21. The van der Waals surface area contributed by atoms with Crippen LogP contribution in [0, 0.1) is 5.82 Å². The van der Waals surface area contributed by atoms with E-state index in [0.717, 1.165) is 67.9 Å². The molecule has 1 saturated carbocycles. The highest BCUT2D eigenvalue weighted by Gasteiger charge is 2.36. The van der Waals surface area contributed by atoms with Crippen molar-refractivity contribution >= 4 is 5.91 Å². The molecule has 1 fully saturated rings. The Hall–Kier alpha value is -2.89. The maximum absolute atomic E-state index is 13.6. The van der Waals surface area contributed by atoms with Crippen LogP contribution >= 0.6 is 0 Å². The molecule has 1 amide bonds. The van der Waals surface area contributed by atoms with Crippen LogP contribution in [-0.2, 0) is 19.5 Å². The molecule has 0 unspecified atom stereocenters. The lowest BCUT2D eigenvalue weighted by Crippen LogP contribution is -2.33. The number of carbonyl (C=O) groups is 1. The number of aromatic nitrogens is 2. The number of amides is 1. The van der Waals surface area contributed by atoms with Gasteiger partial charge in [0.15, 0.2) is 0 Å². The molecule has 0 atom stereocenters. The third-order valence-corrected chi connectivity index (χ3v) is 5.83. The van der Waals surface area contributed by atoms with Crippen LogP contribution in [0.3, 0.4) is 0 Å². The van der Waals surface area contributed by atoms with Crippen LogP contribution in [0.1, 0.15) is 54.0 Å². The smallest absolute Gasteiger partial charge is 0.275 e. The number of hydrogen-bond acceptors (Lipinski definition) is 3. The van der Waals surface area contributed by atoms with Crippen LogP contribution in [0.15, 0.2) is 47.1 Å². The minimum absolute atomic E-state index is 0.0251. The molecule has 3 heterocycles. The fourth-order valence-corrected chi connectivity index (χ4v) is 4.17. The molecule has 2 aliphatic rings. The summed E-state index contributed by atoms with van der Waals surface area (Å²) < 4.78 is 21.1. The molecular weight excluding hydrogens is 369 g/mol.